The normalized spacial score (nSPS) is 19.5. The molecule has 0 bridgehead atoms. The van der Waals surface area contributed by atoms with Crippen LogP contribution in [0.25, 0.3) is 5.69 Å². The van der Waals surface area contributed by atoms with Crippen LogP contribution >= 0.6 is 138 Å². The number of aromatic nitrogens is 2. The van der Waals surface area contributed by atoms with E-state index in [0.717, 1.165) is 24.1 Å². The summed E-state index contributed by atoms with van der Waals surface area (Å²) in [6, 6.07) is 1.61. The quantitative estimate of drug-likeness (QED) is 0.225. The van der Waals surface area contributed by atoms with Gasteiger partial charge in [0.15, 0.2) is 4.84 Å². The number of rotatable bonds is 3. The van der Waals surface area contributed by atoms with Gasteiger partial charge in [-0.05, 0) is 18.6 Å². The van der Waals surface area contributed by atoms with Crippen molar-refractivity contribution < 1.29 is 13.2 Å². The van der Waals surface area contributed by atoms with Gasteiger partial charge in [0, 0.05) is 17.7 Å². The minimum absolute atomic E-state index is 0.0586. The molecule has 176 valence electrons. The molecule has 2 nitrogen and oxygen atoms in total. The number of hydrogen-bond acceptors (Lipinski definition) is 1. The molecule has 1 aliphatic carbocycles. The second-order valence-electron chi connectivity index (χ2n) is 6.16. The summed E-state index contributed by atoms with van der Waals surface area (Å²) in [5.41, 5.74) is 0.360. The fraction of sp³-hybridized carbons (Fsp3) is 0.357. The predicted octanol–water partition coefficient (Wildman–Crippen LogP) is 12.0. The Morgan fingerprint density at radius 2 is 1.48 bits per heavy atom. The topological polar surface area (TPSA) is 17.8 Å². The van der Waals surface area contributed by atoms with Crippen LogP contribution in [0.3, 0.4) is 0 Å². The van der Waals surface area contributed by atoms with Crippen LogP contribution in [0.2, 0.25) is 10.0 Å². The Morgan fingerprint density at radius 1 is 1.06 bits per heavy atom. The van der Waals surface area contributed by atoms with Crippen molar-refractivity contribution >= 4 is 138 Å². The van der Waals surface area contributed by atoms with Crippen LogP contribution in [-0.2, 0) is 6.18 Å². The van der Waals surface area contributed by atoms with E-state index < -0.39 is 19.9 Å². The molecule has 3 rings (SSSR count). The number of hydrogen-bond donors (Lipinski definition) is 0. The molecule has 1 saturated carbocycles. The summed E-state index contributed by atoms with van der Waals surface area (Å²) >= 11 is 56.0. The second kappa shape index (κ2) is 9.94. The summed E-state index contributed by atoms with van der Waals surface area (Å²) in [4.78, 5) is -0.903. The van der Waals surface area contributed by atoms with Crippen molar-refractivity contribution in [1.82, 2.24) is 9.78 Å². The zero-order chi connectivity index (χ0) is 24.2. The first-order chi connectivity index (χ1) is 13.7. The van der Waals surface area contributed by atoms with Gasteiger partial charge in [0.05, 0.1) is 24.5 Å². The molecular formula is C14H7Br2Cl9F3N2P. The molecule has 1 heterocycles. The third-order valence-electron chi connectivity index (χ3n) is 3.75. The Bertz CT molecular complexity index is 950. The van der Waals surface area contributed by atoms with Crippen LogP contribution in [-0.4, -0.2) is 13.0 Å². The average Bonchev–Trinajstić information content (AvgIpc) is 2.95. The molecule has 31 heavy (non-hydrogen) atoms. The SMILES string of the molecule is ClP(Cl)(Cl)(Cl)Cl.FC(F)(F)c1cc(Cl)c(-n2cc(C3CC3(Br)Br)c(C(Cl)Cl)n2)c(Cl)c1. The van der Waals surface area contributed by atoms with Gasteiger partial charge in [-0.15, -0.1) is 0 Å². The molecule has 1 aromatic carbocycles. The average molecular weight is 770 g/mol. The van der Waals surface area contributed by atoms with Crippen molar-refractivity contribution in [3.63, 3.8) is 0 Å². The molecule has 0 saturated heterocycles. The maximum atomic E-state index is 12.9. The van der Waals surface area contributed by atoms with Gasteiger partial charge >= 0.3 is 65.7 Å². The van der Waals surface area contributed by atoms with E-state index in [9.17, 15) is 13.2 Å². The first-order valence-corrected chi connectivity index (χ1v) is 17.6. The first-order valence-electron chi connectivity index (χ1n) is 7.58. The Labute approximate surface area is 236 Å². The van der Waals surface area contributed by atoms with Gasteiger partial charge in [-0.3, -0.25) is 0 Å². The number of alkyl halides is 7. The molecule has 0 radical (unpaired) electrons. The van der Waals surface area contributed by atoms with Crippen LogP contribution < -0.4 is 0 Å². The summed E-state index contributed by atoms with van der Waals surface area (Å²) in [6.45, 7) is 0. The van der Waals surface area contributed by atoms with E-state index >= 15 is 0 Å². The summed E-state index contributed by atoms with van der Waals surface area (Å²) in [7, 11) is 0. The Morgan fingerprint density at radius 3 is 1.81 bits per heavy atom. The Balaban J connectivity index is 0.000000501. The van der Waals surface area contributed by atoms with E-state index in [1.807, 2.05) is 0 Å². The van der Waals surface area contributed by atoms with Gasteiger partial charge in [-0.25, -0.2) is 4.68 Å². The molecule has 1 fully saturated rings. The van der Waals surface area contributed by atoms with E-state index in [0.29, 0.717) is 5.69 Å². The van der Waals surface area contributed by atoms with Crippen molar-refractivity contribution in [3.8, 4) is 5.69 Å². The van der Waals surface area contributed by atoms with Crippen LogP contribution in [0.1, 0.15) is 34.0 Å². The maximum Gasteiger partial charge on any atom is 0.416 e. The molecular weight excluding hydrogens is 763 g/mol. The van der Waals surface area contributed by atoms with Crippen molar-refractivity contribution in [1.29, 1.82) is 0 Å². The first kappa shape index (κ1) is 29.5. The van der Waals surface area contributed by atoms with Crippen LogP contribution in [0.5, 0.6) is 0 Å². The van der Waals surface area contributed by atoms with E-state index in [2.05, 4.69) is 37.0 Å². The van der Waals surface area contributed by atoms with Crippen molar-refractivity contribution in [2.45, 2.75) is 26.6 Å². The van der Waals surface area contributed by atoms with Crippen molar-refractivity contribution in [2.24, 2.45) is 0 Å². The third kappa shape index (κ3) is 8.99. The number of nitrogens with zero attached hydrogens (tertiary/aromatic N) is 2. The van der Waals surface area contributed by atoms with Gasteiger partial charge in [0.25, 0.3) is 0 Å². The van der Waals surface area contributed by atoms with E-state index in [1.54, 1.807) is 6.20 Å². The summed E-state index contributed by atoms with van der Waals surface area (Å²) in [5, 5.41) is 3.92. The van der Waals surface area contributed by atoms with Gasteiger partial charge in [0.1, 0.15) is 5.69 Å². The third-order valence-corrected chi connectivity index (χ3v) is 6.50. The van der Waals surface area contributed by atoms with Crippen molar-refractivity contribution in [3.05, 3.63) is 45.2 Å². The zero-order valence-electron chi connectivity index (χ0n) is 14.2. The smallest absolute Gasteiger partial charge is 0.237 e. The Hall–Kier alpha value is 2.22. The fourth-order valence-electron chi connectivity index (χ4n) is 2.45. The van der Waals surface area contributed by atoms with Crippen molar-refractivity contribution in [2.75, 3.05) is 0 Å². The van der Waals surface area contributed by atoms with E-state index in [-0.39, 0.29) is 24.9 Å². The van der Waals surface area contributed by atoms with Gasteiger partial charge < -0.3 is 0 Å². The molecule has 0 spiro atoms. The van der Waals surface area contributed by atoms with Gasteiger partial charge in [-0.2, -0.15) is 18.3 Å². The number of benzene rings is 1. The molecule has 1 unspecified atom stereocenters. The van der Waals surface area contributed by atoms with Gasteiger partial charge in [-0.1, -0.05) is 78.3 Å². The largest absolute Gasteiger partial charge is 0.416 e. The molecule has 1 atom stereocenters. The fourth-order valence-corrected chi connectivity index (χ4v) is 4.59. The maximum absolute atomic E-state index is 12.9. The minimum Gasteiger partial charge on any atom is -0.237 e. The standard InChI is InChI=1S/C14H7Br2Cl4F3N2.Cl5P/c15-13(16)3-7(13)6-4-25(24-10(6)12(19)20)11-8(17)1-5(2-9(11)18)14(21,22)23;1-6(2,3,4)5/h1-2,4,7,12H,3H2;. The molecule has 0 N–H and O–H groups in total. The monoisotopic (exact) mass is 764 g/mol. The molecule has 2 aromatic rings. The van der Waals surface area contributed by atoms with Crippen LogP contribution in [0.4, 0.5) is 13.2 Å². The number of halogens is 14. The second-order valence-corrected chi connectivity index (χ2v) is 28.6. The summed E-state index contributed by atoms with van der Waals surface area (Å²) < 4.78 is 36.0. The van der Waals surface area contributed by atoms with Gasteiger partial charge in [0.2, 0.25) is 0 Å². The van der Waals surface area contributed by atoms with E-state index in [1.165, 1.54) is 4.68 Å². The summed E-state index contributed by atoms with van der Waals surface area (Å²) in [6.07, 6.45) is -2.15. The van der Waals surface area contributed by atoms with Crippen LogP contribution in [0.15, 0.2) is 18.3 Å². The molecule has 0 amide bonds. The Kier molecular flexibility index (Phi) is 9.44. The predicted molar refractivity (Wildman–Crippen MR) is 137 cm³/mol. The zero-order valence-corrected chi connectivity index (χ0v) is 25.1. The van der Waals surface area contributed by atoms with Crippen LogP contribution in [0, 0.1) is 0 Å². The molecule has 1 aromatic heterocycles. The molecule has 17 heteroatoms. The summed E-state index contributed by atoms with van der Waals surface area (Å²) in [5.74, 6) is 0.0586. The van der Waals surface area contributed by atoms with E-state index in [4.69, 9.17) is 103 Å². The molecule has 0 aliphatic heterocycles. The minimum atomic E-state index is -4.55. The molecule has 1 aliphatic rings.